The van der Waals surface area contributed by atoms with E-state index < -0.39 is 5.60 Å². The maximum atomic E-state index is 12.1. The number of hydrogen-bond acceptors (Lipinski definition) is 2. The Balaban J connectivity index is 3.69. The van der Waals surface area contributed by atoms with Gasteiger partial charge in [0.25, 0.3) is 0 Å². The van der Waals surface area contributed by atoms with Crippen LogP contribution < -0.4 is 0 Å². The summed E-state index contributed by atoms with van der Waals surface area (Å²) in [5, 5.41) is 0. The molecule has 0 aliphatic rings. The van der Waals surface area contributed by atoms with E-state index in [0.717, 1.165) is 38.5 Å². The Hall–Kier alpha value is -1.57. The van der Waals surface area contributed by atoms with Gasteiger partial charge in [0.05, 0.1) is 0 Å². The lowest BCUT2D eigenvalue weighted by molar-refractivity contribution is -0.154. The van der Waals surface area contributed by atoms with Gasteiger partial charge in [0, 0.05) is 6.42 Å². The summed E-state index contributed by atoms with van der Waals surface area (Å²) in [6.45, 7) is 12.2. The van der Waals surface area contributed by atoms with Crippen molar-refractivity contribution in [1.29, 1.82) is 0 Å². The quantitative estimate of drug-likeness (QED) is 0.119. The van der Waals surface area contributed by atoms with Crippen molar-refractivity contribution in [2.24, 2.45) is 0 Å². The average Bonchev–Trinajstić information content (AvgIpc) is 2.70. The van der Waals surface area contributed by atoms with Crippen LogP contribution in [-0.2, 0) is 9.53 Å². The van der Waals surface area contributed by atoms with Crippen molar-refractivity contribution >= 4 is 5.97 Å². The fourth-order valence-electron chi connectivity index (χ4n) is 3.23. The average molecular weight is 417 g/mol. The first-order valence-electron chi connectivity index (χ1n) is 12.2. The molecule has 0 N–H and O–H groups in total. The monoisotopic (exact) mass is 416 g/mol. The van der Waals surface area contributed by atoms with Crippen LogP contribution in [0.5, 0.6) is 0 Å². The van der Waals surface area contributed by atoms with Crippen LogP contribution in [-0.4, -0.2) is 11.6 Å². The van der Waals surface area contributed by atoms with Gasteiger partial charge in [-0.3, -0.25) is 4.79 Å². The van der Waals surface area contributed by atoms with Crippen molar-refractivity contribution in [1.82, 2.24) is 0 Å². The molecule has 0 aliphatic carbocycles. The molecule has 0 saturated heterocycles. The number of carbonyl (C=O) groups excluding carboxylic acids is 1. The van der Waals surface area contributed by atoms with Crippen LogP contribution >= 0.6 is 0 Å². The number of carbonyl (C=O) groups is 1. The second kappa shape index (κ2) is 19.4. The van der Waals surface area contributed by atoms with Gasteiger partial charge in [0.15, 0.2) is 0 Å². The lowest BCUT2D eigenvalue weighted by atomic mass is 9.99. The molecular formula is C28H48O2. The Morgan fingerprint density at radius 2 is 1.47 bits per heavy atom. The maximum Gasteiger partial charge on any atom is 0.306 e. The fraction of sp³-hybridized carbons (Fsp3) is 0.679. The summed E-state index contributed by atoms with van der Waals surface area (Å²) in [5.41, 5.74) is 0.734. The number of allylic oxidation sites excluding steroid dienone is 6. The minimum Gasteiger partial charge on any atom is -0.455 e. The zero-order valence-corrected chi connectivity index (χ0v) is 20.4. The molecule has 0 heterocycles. The van der Waals surface area contributed by atoms with Crippen LogP contribution in [0.2, 0.25) is 0 Å². The summed E-state index contributed by atoms with van der Waals surface area (Å²) >= 11 is 0. The zero-order chi connectivity index (χ0) is 22.5. The van der Waals surface area contributed by atoms with Gasteiger partial charge < -0.3 is 4.74 Å². The predicted octanol–water partition coefficient (Wildman–Crippen LogP) is 9.03. The molecule has 2 heteroatoms. The molecule has 0 aromatic rings. The highest BCUT2D eigenvalue weighted by atomic mass is 16.6. The highest BCUT2D eigenvalue weighted by Crippen LogP contribution is 2.21. The molecule has 30 heavy (non-hydrogen) atoms. The third-order valence-corrected chi connectivity index (χ3v) is 5.30. The normalized spacial score (nSPS) is 13.5. The molecule has 0 aromatic heterocycles. The molecule has 1 atom stereocenters. The fourth-order valence-corrected chi connectivity index (χ4v) is 3.23. The van der Waals surface area contributed by atoms with Gasteiger partial charge in [0.1, 0.15) is 5.60 Å². The van der Waals surface area contributed by atoms with Gasteiger partial charge in [-0.15, -0.1) is 0 Å². The Morgan fingerprint density at radius 1 is 0.867 bits per heavy atom. The largest absolute Gasteiger partial charge is 0.455 e. The first-order valence-corrected chi connectivity index (χ1v) is 12.2. The van der Waals surface area contributed by atoms with Gasteiger partial charge in [-0.1, -0.05) is 81.6 Å². The molecule has 0 aliphatic heterocycles. The van der Waals surface area contributed by atoms with E-state index in [1.807, 2.05) is 6.92 Å². The van der Waals surface area contributed by atoms with Crippen molar-refractivity contribution in [3.05, 3.63) is 48.6 Å². The molecular weight excluding hydrogens is 368 g/mol. The summed E-state index contributed by atoms with van der Waals surface area (Å²) in [6.07, 6.45) is 28.4. The number of esters is 1. The van der Waals surface area contributed by atoms with Crippen LogP contribution in [0.4, 0.5) is 0 Å². The highest BCUT2D eigenvalue weighted by molar-refractivity contribution is 5.70. The van der Waals surface area contributed by atoms with E-state index in [9.17, 15) is 4.79 Å². The lowest BCUT2D eigenvalue weighted by Gasteiger charge is -2.25. The first kappa shape index (κ1) is 28.4. The Labute approximate surface area is 187 Å². The molecule has 0 spiro atoms. The Kier molecular flexibility index (Phi) is 18.4. The van der Waals surface area contributed by atoms with Crippen LogP contribution in [0.3, 0.4) is 0 Å². The van der Waals surface area contributed by atoms with Crippen LogP contribution in [0.25, 0.3) is 0 Å². The van der Waals surface area contributed by atoms with Crippen molar-refractivity contribution in [2.45, 2.75) is 123 Å². The van der Waals surface area contributed by atoms with E-state index in [1.165, 1.54) is 50.5 Å². The molecule has 0 rings (SSSR count). The summed E-state index contributed by atoms with van der Waals surface area (Å²) in [4.78, 5) is 12.1. The van der Waals surface area contributed by atoms with E-state index in [4.69, 9.17) is 4.74 Å². The van der Waals surface area contributed by atoms with Crippen molar-refractivity contribution in [3.63, 3.8) is 0 Å². The lowest BCUT2D eigenvalue weighted by Crippen LogP contribution is -2.29. The second-order valence-corrected chi connectivity index (χ2v) is 8.79. The molecule has 172 valence electrons. The van der Waals surface area contributed by atoms with Gasteiger partial charge in [-0.05, 0) is 78.2 Å². The molecule has 0 fully saturated rings. The zero-order valence-electron chi connectivity index (χ0n) is 20.4. The van der Waals surface area contributed by atoms with Crippen molar-refractivity contribution < 1.29 is 9.53 Å². The SMILES string of the molecule is C=CC(C)(CCC=C(C)C)OC(=O)CCCCCCC/C=C\C/C=C\CCCCC. The van der Waals surface area contributed by atoms with Crippen LogP contribution in [0, 0.1) is 0 Å². The summed E-state index contributed by atoms with van der Waals surface area (Å²) < 4.78 is 5.69. The smallest absolute Gasteiger partial charge is 0.306 e. The molecule has 2 nitrogen and oxygen atoms in total. The first-order chi connectivity index (χ1) is 14.4. The number of unbranched alkanes of at least 4 members (excludes halogenated alkanes) is 8. The van der Waals surface area contributed by atoms with Gasteiger partial charge in [0.2, 0.25) is 0 Å². The molecule has 0 amide bonds. The predicted molar refractivity (Wildman–Crippen MR) is 133 cm³/mol. The molecule has 0 bridgehead atoms. The molecule has 1 unspecified atom stereocenters. The standard InChI is InChI=1S/C28H48O2/c1-6-8-9-10-11-12-13-14-15-16-17-18-19-20-21-24-27(29)30-28(5,7-2)25-22-23-26(3)4/h7,11-12,14-15,23H,2,6,8-10,13,16-22,24-25H2,1,3-5H3/b12-11-,15-14-. The van der Waals surface area contributed by atoms with Crippen molar-refractivity contribution in [2.75, 3.05) is 0 Å². The third kappa shape index (κ3) is 18.5. The van der Waals surface area contributed by atoms with E-state index >= 15 is 0 Å². The van der Waals surface area contributed by atoms with Gasteiger partial charge in [-0.25, -0.2) is 0 Å². The number of rotatable bonds is 19. The summed E-state index contributed by atoms with van der Waals surface area (Å²) in [6, 6.07) is 0. The highest BCUT2D eigenvalue weighted by Gasteiger charge is 2.23. The van der Waals surface area contributed by atoms with E-state index in [1.54, 1.807) is 6.08 Å². The van der Waals surface area contributed by atoms with E-state index in [2.05, 4.69) is 57.7 Å². The molecule has 0 aromatic carbocycles. The van der Waals surface area contributed by atoms with Crippen LogP contribution in [0.1, 0.15) is 118 Å². The minimum absolute atomic E-state index is 0.0970. The summed E-state index contributed by atoms with van der Waals surface area (Å²) in [7, 11) is 0. The van der Waals surface area contributed by atoms with Crippen LogP contribution in [0.15, 0.2) is 48.6 Å². The third-order valence-electron chi connectivity index (χ3n) is 5.30. The maximum absolute atomic E-state index is 12.1. The molecule has 0 saturated carbocycles. The Bertz CT molecular complexity index is 523. The second-order valence-electron chi connectivity index (χ2n) is 8.79. The number of hydrogen-bond donors (Lipinski definition) is 0. The molecule has 0 radical (unpaired) electrons. The topological polar surface area (TPSA) is 26.3 Å². The Morgan fingerprint density at radius 3 is 2.07 bits per heavy atom. The van der Waals surface area contributed by atoms with E-state index in [0.29, 0.717) is 6.42 Å². The summed E-state index contributed by atoms with van der Waals surface area (Å²) in [5.74, 6) is -0.0970. The number of ether oxygens (including phenoxy) is 1. The minimum atomic E-state index is -0.555. The van der Waals surface area contributed by atoms with Crippen molar-refractivity contribution in [3.8, 4) is 0 Å². The van der Waals surface area contributed by atoms with Gasteiger partial charge in [-0.2, -0.15) is 0 Å². The van der Waals surface area contributed by atoms with Gasteiger partial charge >= 0.3 is 5.97 Å². The van der Waals surface area contributed by atoms with E-state index in [-0.39, 0.29) is 5.97 Å².